The van der Waals surface area contributed by atoms with Crippen molar-refractivity contribution < 1.29 is 9.53 Å². The normalized spacial score (nSPS) is 9.73. The molecule has 0 radical (unpaired) electrons. The molecule has 1 rings (SSSR count). The Bertz CT molecular complexity index is 372. The van der Waals surface area contributed by atoms with E-state index in [1.54, 1.807) is 19.2 Å². The van der Waals surface area contributed by atoms with Crippen LogP contribution >= 0.6 is 0 Å². The Morgan fingerprint density at radius 1 is 1.53 bits per heavy atom. The summed E-state index contributed by atoms with van der Waals surface area (Å²) in [6.07, 6.45) is 4.05. The quantitative estimate of drug-likeness (QED) is 0.548. The fourth-order valence-electron chi connectivity index (χ4n) is 1.09. The molecule has 1 aromatic heterocycles. The Balaban J connectivity index is 2.82. The zero-order chi connectivity index (χ0) is 11.3. The second kappa shape index (κ2) is 5.29. The molecular formula is C12H15NO2. The zero-order valence-corrected chi connectivity index (χ0v) is 9.12. The van der Waals surface area contributed by atoms with Crippen molar-refractivity contribution in [2.45, 2.75) is 20.3 Å². The minimum absolute atomic E-state index is 0.0931. The van der Waals surface area contributed by atoms with Gasteiger partial charge in [0.25, 0.3) is 0 Å². The second-order valence-corrected chi connectivity index (χ2v) is 3.37. The molecule has 1 aromatic rings. The number of nitrogens with zero attached hydrogens (tertiary/aromatic N) is 1. The van der Waals surface area contributed by atoms with Crippen molar-refractivity contribution >= 4 is 5.78 Å². The highest BCUT2D eigenvalue weighted by Crippen LogP contribution is 2.14. The largest absolute Gasteiger partial charge is 0.492 e. The van der Waals surface area contributed by atoms with E-state index in [-0.39, 0.29) is 5.78 Å². The first-order valence-electron chi connectivity index (χ1n) is 4.93. The van der Waals surface area contributed by atoms with Crippen LogP contribution in [0.25, 0.3) is 0 Å². The molecule has 0 saturated carbocycles. The molecular weight excluding hydrogens is 190 g/mol. The van der Waals surface area contributed by atoms with Gasteiger partial charge in [0.15, 0.2) is 5.78 Å². The van der Waals surface area contributed by atoms with E-state index in [9.17, 15) is 4.79 Å². The lowest BCUT2D eigenvalue weighted by Gasteiger charge is -2.05. The molecule has 15 heavy (non-hydrogen) atoms. The third-order valence-corrected chi connectivity index (χ3v) is 1.84. The van der Waals surface area contributed by atoms with Gasteiger partial charge in [0.05, 0.1) is 12.8 Å². The molecule has 0 N–H and O–H groups in total. The molecule has 0 aliphatic heterocycles. The SMILES string of the molecule is C=C(C)C(=O)c1cncc(OCCC)c1. The molecule has 0 aliphatic carbocycles. The number of ether oxygens (including phenoxy) is 1. The van der Waals surface area contributed by atoms with E-state index in [1.807, 2.05) is 6.92 Å². The molecule has 0 aliphatic rings. The summed E-state index contributed by atoms with van der Waals surface area (Å²) >= 11 is 0. The Morgan fingerprint density at radius 3 is 2.87 bits per heavy atom. The molecule has 0 bridgehead atoms. The van der Waals surface area contributed by atoms with Crippen molar-refractivity contribution in [1.29, 1.82) is 0 Å². The summed E-state index contributed by atoms with van der Waals surface area (Å²) in [5, 5.41) is 0. The van der Waals surface area contributed by atoms with Gasteiger partial charge in [-0.2, -0.15) is 0 Å². The van der Waals surface area contributed by atoms with Gasteiger partial charge in [-0.15, -0.1) is 0 Å². The molecule has 0 saturated heterocycles. The van der Waals surface area contributed by atoms with E-state index in [4.69, 9.17) is 4.74 Å². The standard InChI is InChI=1S/C12H15NO2/c1-4-5-15-11-6-10(7-13-8-11)12(14)9(2)3/h6-8H,2,4-5H2,1,3H3. The van der Waals surface area contributed by atoms with Crippen LogP contribution in [0.4, 0.5) is 0 Å². The maximum atomic E-state index is 11.6. The number of carbonyl (C=O) groups excluding carboxylic acids is 1. The average molecular weight is 205 g/mol. The number of rotatable bonds is 5. The van der Waals surface area contributed by atoms with Gasteiger partial charge in [-0.1, -0.05) is 13.5 Å². The molecule has 0 aromatic carbocycles. The Labute approximate surface area is 89.8 Å². The highest BCUT2D eigenvalue weighted by atomic mass is 16.5. The van der Waals surface area contributed by atoms with Crippen LogP contribution in [0.15, 0.2) is 30.6 Å². The maximum absolute atomic E-state index is 11.6. The van der Waals surface area contributed by atoms with Crippen LogP contribution in [0.3, 0.4) is 0 Å². The van der Waals surface area contributed by atoms with Gasteiger partial charge in [0, 0.05) is 11.8 Å². The molecule has 3 nitrogen and oxygen atoms in total. The lowest BCUT2D eigenvalue weighted by Crippen LogP contribution is -2.02. The monoisotopic (exact) mass is 205 g/mol. The van der Waals surface area contributed by atoms with Crippen molar-refractivity contribution in [1.82, 2.24) is 4.98 Å². The van der Waals surface area contributed by atoms with Gasteiger partial charge >= 0.3 is 0 Å². The van der Waals surface area contributed by atoms with Crippen LogP contribution in [0, 0.1) is 0 Å². The Hall–Kier alpha value is -1.64. The van der Waals surface area contributed by atoms with Crippen molar-refractivity contribution in [3.05, 3.63) is 36.2 Å². The number of aromatic nitrogens is 1. The number of pyridine rings is 1. The number of Topliss-reactive ketones (excluding diaryl/α,β-unsaturated/α-hetero) is 1. The van der Waals surface area contributed by atoms with E-state index in [0.717, 1.165) is 6.42 Å². The number of hydrogen-bond acceptors (Lipinski definition) is 3. The van der Waals surface area contributed by atoms with Crippen molar-refractivity contribution in [3.63, 3.8) is 0 Å². The van der Waals surface area contributed by atoms with Gasteiger partial charge in [0.1, 0.15) is 5.75 Å². The molecule has 80 valence electrons. The number of carbonyl (C=O) groups is 1. The minimum Gasteiger partial charge on any atom is -0.492 e. The van der Waals surface area contributed by atoms with Gasteiger partial charge in [-0.3, -0.25) is 9.78 Å². The van der Waals surface area contributed by atoms with Crippen LogP contribution in [0.5, 0.6) is 5.75 Å². The van der Waals surface area contributed by atoms with Crippen LogP contribution in [0.1, 0.15) is 30.6 Å². The van der Waals surface area contributed by atoms with Crippen molar-refractivity contribution in [2.24, 2.45) is 0 Å². The molecule has 3 heteroatoms. The summed E-state index contributed by atoms with van der Waals surface area (Å²) in [4.78, 5) is 15.5. The molecule has 0 spiro atoms. The summed E-state index contributed by atoms with van der Waals surface area (Å²) in [7, 11) is 0. The van der Waals surface area contributed by atoms with Gasteiger partial charge < -0.3 is 4.74 Å². The van der Waals surface area contributed by atoms with E-state index >= 15 is 0 Å². The van der Waals surface area contributed by atoms with Crippen LogP contribution in [-0.2, 0) is 0 Å². The minimum atomic E-state index is -0.0931. The van der Waals surface area contributed by atoms with E-state index in [0.29, 0.717) is 23.5 Å². The Morgan fingerprint density at radius 2 is 2.27 bits per heavy atom. The van der Waals surface area contributed by atoms with Crippen LogP contribution in [0.2, 0.25) is 0 Å². The average Bonchev–Trinajstić information content (AvgIpc) is 2.25. The Kier molecular flexibility index (Phi) is 4.03. The molecule has 1 heterocycles. The fourth-order valence-corrected chi connectivity index (χ4v) is 1.09. The number of allylic oxidation sites excluding steroid dienone is 1. The summed E-state index contributed by atoms with van der Waals surface area (Å²) in [6, 6.07) is 1.69. The smallest absolute Gasteiger partial charge is 0.189 e. The third kappa shape index (κ3) is 3.20. The first kappa shape index (κ1) is 11.4. The number of hydrogen-bond donors (Lipinski definition) is 0. The van der Waals surface area contributed by atoms with Crippen molar-refractivity contribution in [2.75, 3.05) is 6.61 Å². The van der Waals surface area contributed by atoms with E-state index in [1.165, 1.54) is 6.20 Å². The van der Waals surface area contributed by atoms with Crippen LogP contribution in [-0.4, -0.2) is 17.4 Å². The highest BCUT2D eigenvalue weighted by Gasteiger charge is 2.07. The molecule has 0 unspecified atom stereocenters. The van der Waals surface area contributed by atoms with Gasteiger partial charge in [0.2, 0.25) is 0 Å². The zero-order valence-electron chi connectivity index (χ0n) is 9.12. The topological polar surface area (TPSA) is 39.2 Å². The highest BCUT2D eigenvalue weighted by molar-refractivity contribution is 6.07. The van der Waals surface area contributed by atoms with E-state index < -0.39 is 0 Å². The predicted molar refractivity (Wildman–Crippen MR) is 59.2 cm³/mol. The lowest BCUT2D eigenvalue weighted by atomic mass is 10.1. The summed E-state index contributed by atoms with van der Waals surface area (Å²) in [5.41, 5.74) is 1.03. The fraction of sp³-hybridized carbons (Fsp3) is 0.333. The van der Waals surface area contributed by atoms with Gasteiger partial charge in [-0.25, -0.2) is 0 Å². The number of ketones is 1. The third-order valence-electron chi connectivity index (χ3n) is 1.84. The first-order valence-corrected chi connectivity index (χ1v) is 4.93. The summed E-state index contributed by atoms with van der Waals surface area (Å²) < 4.78 is 5.38. The summed E-state index contributed by atoms with van der Waals surface area (Å²) in [6.45, 7) is 7.94. The molecule has 0 fully saturated rings. The summed E-state index contributed by atoms with van der Waals surface area (Å²) in [5.74, 6) is 0.536. The second-order valence-electron chi connectivity index (χ2n) is 3.37. The molecule has 0 atom stereocenters. The first-order chi connectivity index (χ1) is 7.15. The maximum Gasteiger partial charge on any atom is 0.189 e. The van der Waals surface area contributed by atoms with Gasteiger partial charge in [-0.05, 0) is 25.0 Å². The predicted octanol–water partition coefficient (Wildman–Crippen LogP) is 2.63. The van der Waals surface area contributed by atoms with Crippen molar-refractivity contribution in [3.8, 4) is 5.75 Å². The molecule has 0 amide bonds. The van der Waals surface area contributed by atoms with Crippen LogP contribution < -0.4 is 4.74 Å². The lowest BCUT2D eigenvalue weighted by molar-refractivity contribution is 0.103. The van der Waals surface area contributed by atoms with E-state index in [2.05, 4.69) is 11.6 Å².